The van der Waals surface area contributed by atoms with Gasteiger partial charge in [-0.1, -0.05) is 24.6 Å². The highest BCUT2D eigenvalue weighted by Gasteiger charge is 2.24. The first-order valence-electron chi connectivity index (χ1n) is 8.05. The van der Waals surface area contributed by atoms with Crippen LogP contribution in [0, 0.1) is 6.92 Å². The monoisotopic (exact) mass is 296 g/mol. The fraction of sp³-hybridized carbons (Fsp3) is 0.421. The van der Waals surface area contributed by atoms with Crippen LogP contribution in [0.1, 0.15) is 42.0 Å². The lowest BCUT2D eigenvalue weighted by Gasteiger charge is -2.36. The molecule has 3 heteroatoms. The van der Waals surface area contributed by atoms with Gasteiger partial charge in [-0.3, -0.25) is 9.88 Å². The molecule has 0 N–H and O–H groups in total. The van der Waals surface area contributed by atoms with Crippen molar-refractivity contribution in [1.82, 2.24) is 9.88 Å². The van der Waals surface area contributed by atoms with Gasteiger partial charge in [0.1, 0.15) is 5.75 Å². The van der Waals surface area contributed by atoms with E-state index in [-0.39, 0.29) is 0 Å². The van der Waals surface area contributed by atoms with Crippen molar-refractivity contribution in [1.29, 1.82) is 0 Å². The minimum absolute atomic E-state index is 0.491. The Labute approximate surface area is 132 Å². The van der Waals surface area contributed by atoms with E-state index in [9.17, 15) is 0 Å². The van der Waals surface area contributed by atoms with Gasteiger partial charge in [-0.25, -0.2) is 0 Å². The van der Waals surface area contributed by atoms with Crippen molar-refractivity contribution < 1.29 is 4.74 Å². The van der Waals surface area contributed by atoms with Gasteiger partial charge < -0.3 is 4.74 Å². The molecule has 1 atom stereocenters. The Morgan fingerprint density at radius 3 is 2.91 bits per heavy atom. The van der Waals surface area contributed by atoms with Gasteiger partial charge in [-0.15, -0.1) is 0 Å². The first kappa shape index (κ1) is 15.0. The molecule has 3 rings (SSSR count). The molecular formula is C19H24N2O. The van der Waals surface area contributed by atoms with E-state index < -0.39 is 0 Å². The Balaban J connectivity index is 1.78. The molecule has 22 heavy (non-hydrogen) atoms. The molecule has 0 saturated carbocycles. The van der Waals surface area contributed by atoms with E-state index in [0.29, 0.717) is 6.04 Å². The van der Waals surface area contributed by atoms with Crippen molar-refractivity contribution in [3.05, 3.63) is 59.4 Å². The lowest BCUT2D eigenvalue weighted by molar-refractivity contribution is 0.140. The van der Waals surface area contributed by atoms with Gasteiger partial charge in [0.05, 0.1) is 7.11 Å². The number of ether oxygens (including phenoxy) is 1. The average Bonchev–Trinajstić information content (AvgIpc) is 2.56. The average molecular weight is 296 g/mol. The van der Waals surface area contributed by atoms with Gasteiger partial charge in [0.2, 0.25) is 0 Å². The van der Waals surface area contributed by atoms with E-state index >= 15 is 0 Å². The lowest BCUT2D eigenvalue weighted by atomic mass is 9.95. The smallest absolute Gasteiger partial charge is 0.121 e. The number of aryl methyl sites for hydroxylation is 1. The quantitative estimate of drug-likeness (QED) is 0.848. The third-order valence-corrected chi connectivity index (χ3v) is 4.53. The van der Waals surface area contributed by atoms with Crippen molar-refractivity contribution in [2.45, 2.75) is 38.8 Å². The van der Waals surface area contributed by atoms with Crippen LogP contribution in [0.2, 0.25) is 0 Å². The number of piperidine rings is 1. The lowest BCUT2D eigenvalue weighted by Crippen LogP contribution is -2.33. The summed E-state index contributed by atoms with van der Waals surface area (Å²) in [5.74, 6) is 0.964. The second-order valence-corrected chi connectivity index (χ2v) is 6.07. The number of hydrogen-bond donors (Lipinski definition) is 0. The number of pyridine rings is 1. The molecule has 1 aromatic heterocycles. The highest BCUT2D eigenvalue weighted by Crippen LogP contribution is 2.32. The summed E-state index contributed by atoms with van der Waals surface area (Å²) in [7, 11) is 1.73. The Hall–Kier alpha value is -1.87. The fourth-order valence-corrected chi connectivity index (χ4v) is 3.40. The van der Waals surface area contributed by atoms with E-state index in [1.54, 1.807) is 7.11 Å². The summed E-state index contributed by atoms with van der Waals surface area (Å²) in [5.41, 5.74) is 3.90. The maximum atomic E-state index is 5.36. The van der Waals surface area contributed by atoms with Crippen LogP contribution in [-0.4, -0.2) is 23.5 Å². The molecule has 116 valence electrons. The zero-order valence-corrected chi connectivity index (χ0v) is 13.5. The fourth-order valence-electron chi connectivity index (χ4n) is 3.40. The topological polar surface area (TPSA) is 25.4 Å². The molecule has 2 aromatic rings. The first-order chi connectivity index (χ1) is 10.8. The van der Waals surface area contributed by atoms with Crippen LogP contribution in [0.4, 0.5) is 0 Å². The number of methoxy groups -OCH3 is 1. The predicted octanol–water partition coefficient (Wildman–Crippen LogP) is 4.13. The van der Waals surface area contributed by atoms with Crippen LogP contribution in [0.5, 0.6) is 5.75 Å². The largest absolute Gasteiger partial charge is 0.496 e. The summed E-state index contributed by atoms with van der Waals surface area (Å²) in [6, 6.07) is 11.2. The SMILES string of the molecule is COc1ccc(CN2CCCCC2c2cccnc2)cc1C. The summed E-state index contributed by atoms with van der Waals surface area (Å²) in [6.45, 7) is 4.26. The predicted molar refractivity (Wildman–Crippen MR) is 89.0 cm³/mol. The molecular weight excluding hydrogens is 272 g/mol. The third kappa shape index (κ3) is 3.30. The summed E-state index contributed by atoms with van der Waals surface area (Å²) in [4.78, 5) is 6.88. The molecule has 0 bridgehead atoms. The van der Waals surface area contributed by atoms with Crippen LogP contribution in [0.25, 0.3) is 0 Å². The van der Waals surface area contributed by atoms with Crippen molar-refractivity contribution in [3.63, 3.8) is 0 Å². The Kier molecular flexibility index (Phi) is 4.74. The number of likely N-dealkylation sites (tertiary alicyclic amines) is 1. The van der Waals surface area contributed by atoms with E-state index in [0.717, 1.165) is 18.8 Å². The molecule has 0 aliphatic carbocycles. The third-order valence-electron chi connectivity index (χ3n) is 4.53. The van der Waals surface area contributed by atoms with Crippen LogP contribution in [0.15, 0.2) is 42.7 Å². The summed E-state index contributed by atoms with van der Waals surface area (Å²) >= 11 is 0. The van der Waals surface area contributed by atoms with E-state index in [1.807, 2.05) is 18.5 Å². The van der Waals surface area contributed by atoms with Gasteiger partial charge in [-0.05, 0) is 55.1 Å². The molecule has 3 nitrogen and oxygen atoms in total. The number of hydrogen-bond acceptors (Lipinski definition) is 3. The van der Waals surface area contributed by atoms with Gasteiger partial charge in [0.15, 0.2) is 0 Å². The standard InChI is InChI=1S/C19H24N2O/c1-15-12-16(8-9-19(15)22-2)14-21-11-4-3-7-18(21)17-6-5-10-20-13-17/h5-6,8-10,12-13,18H,3-4,7,11,14H2,1-2H3. The zero-order chi connectivity index (χ0) is 15.4. The highest BCUT2D eigenvalue weighted by molar-refractivity contribution is 5.36. The maximum absolute atomic E-state index is 5.36. The van der Waals surface area contributed by atoms with E-state index in [4.69, 9.17) is 4.74 Å². The minimum Gasteiger partial charge on any atom is -0.496 e. The second kappa shape index (κ2) is 6.93. The van der Waals surface area contributed by atoms with Crippen molar-refractivity contribution in [2.75, 3.05) is 13.7 Å². The number of aromatic nitrogens is 1. The van der Waals surface area contributed by atoms with E-state index in [1.165, 1.54) is 36.0 Å². The Bertz CT molecular complexity index is 612. The number of benzene rings is 1. The van der Waals surface area contributed by atoms with Gasteiger partial charge in [0, 0.05) is 25.0 Å². The summed E-state index contributed by atoms with van der Waals surface area (Å²) in [6.07, 6.45) is 7.68. The van der Waals surface area contributed by atoms with Crippen molar-refractivity contribution in [2.24, 2.45) is 0 Å². The zero-order valence-electron chi connectivity index (χ0n) is 13.5. The molecule has 0 spiro atoms. The Morgan fingerprint density at radius 1 is 1.27 bits per heavy atom. The molecule has 1 aliphatic heterocycles. The normalized spacial score (nSPS) is 19.1. The molecule has 1 unspecified atom stereocenters. The van der Waals surface area contributed by atoms with Gasteiger partial charge in [-0.2, -0.15) is 0 Å². The molecule has 1 saturated heterocycles. The van der Waals surface area contributed by atoms with Gasteiger partial charge in [0.25, 0.3) is 0 Å². The number of nitrogens with zero attached hydrogens (tertiary/aromatic N) is 2. The maximum Gasteiger partial charge on any atom is 0.121 e. The second-order valence-electron chi connectivity index (χ2n) is 6.07. The molecule has 0 amide bonds. The number of rotatable bonds is 4. The van der Waals surface area contributed by atoms with Crippen LogP contribution < -0.4 is 4.74 Å². The van der Waals surface area contributed by atoms with Crippen LogP contribution in [-0.2, 0) is 6.54 Å². The minimum atomic E-state index is 0.491. The Morgan fingerprint density at radius 2 is 2.18 bits per heavy atom. The molecule has 1 aliphatic rings. The highest BCUT2D eigenvalue weighted by atomic mass is 16.5. The van der Waals surface area contributed by atoms with Crippen LogP contribution >= 0.6 is 0 Å². The summed E-state index contributed by atoms with van der Waals surface area (Å²) in [5, 5.41) is 0. The van der Waals surface area contributed by atoms with Crippen LogP contribution in [0.3, 0.4) is 0 Å². The summed E-state index contributed by atoms with van der Waals surface area (Å²) < 4.78 is 5.36. The molecule has 1 aromatic carbocycles. The van der Waals surface area contributed by atoms with Crippen molar-refractivity contribution >= 4 is 0 Å². The van der Waals surface area contributed by atoms with E-state index in [2.05, 4.69) is 41.1 Å². The molecule has 1 fully saturated rings. The van der Waals surface area contributed by atoms with Gasteiger partial charge >= 0.3 is 0 Å². The molecule has 2 heterocycles. The van der Waals surface area contributed by atoms with Crippen molar-refractivity contribution in [3.8, 4) is 5.75 Å². The first-order valence-corrected chi connectivity index (χ1v) is 8.05. The molecule has 0 radical (unpaired) electrons.